The predicted octanol–water partition coefficient (Wildman–Crippen LogP) is 2.80. The van der Waals surface area contributed by atoms with E-state index in [4.69, 9.17) is 5.11 Å². The summed E-state index contributed by atoms with van der Waals surface area (Å²) in [5.41, 5.74) is 1.03. The minimum Gasteiger partial charge on any atom is -0.481 e. The summed E-state index contributed by atoms with van der Waals surface area (Å²) in [4.78, 5) is 26.9. The van der Waals surface area contributed by atoms with Crippen LogP contribution in [0.15, 0.2) is 28.7 Å². The molecule has 1 N–H and O–H groups in total. The number of benzene rings is 1. The Labute approximate surface area is 132 Å². The first-order valence-corrected chi connectivity index (χ1v) is 7.68. The minimum atomic E-state index is -0.826. The summed E-state index contributed by atoms with van der Waals surface area (Å²) in [5, 5.41) is 9.13. The largest absolute Gasteiger partial charge is 0.481 e. The topological polar surface area (TPSA) is 60.9 Å². The molecule has 1 aliphatic rings. The van der Waals surface area contributed by atoms with E-state index >= 15 is 0 Å². The number of carboxylic acid groups (broad SMARTS) is 1. The number of likely N-dealkylation sites (tertiary alicyclic amines) is 1. The quantitative estimate of drug-likeness (QED) is 0.907. The molecule has 1 saturated heterocycles. The second-order valence-corrected chi connectivity index (χ2v) is 6.35. The fourth-order valence-electron chi connectivity index (χ4n) is 2.74. The molecular weight excluding hydrogens is 336 g/mol. The molecule has 0 aromatic heterocycles. The third-order valence-electron chi connectivity index (χ3n) is 3.95. The minimum absolute atomic E-state index is 0.119. The molecule has 0 bridgehead atoms. The summed E-state index contributed by atoms with van der Waals surface area (Å²) in [6, 6.07) is 7.41. The Morgan fingerprint density at radius 3 is 2.76 bits per heavy atom. The van der Waals surface area contributed by atoms with Crippen molar-refractivity contribution in [2.75, 3.05) is 13.6 Å². The molecule has 1 heterocycles. The molecule has 1 fully saturated rings. The summed E-state index contributed by atoms with van der Waals surface area (Å²) in [5.74, 6) is -1.29. The van der Waals surface area contributed by atoms with Crippen LogP contribution in [0.3, 0.4) is 0 Å². The van der Waals surface area contributed by atoms with Crippen LogP contribution in [0.25, 0.3) is 0 Å². The van der Waals surface area contributed by atoms with Crippen molar-refractivity contribution in [1.82, 2.24) is 9.80 Å². The lowest BCUT2D eigenvalue weighted by Gasteiger charge is -2.28. The van der Waals surface area contributed by atoms with Crippen molar-refractivity contribution in [2.45, 2.75) is 25.9 Å². The molecule has 2 unspecified atom stereocenters. The third kappa shape index (κ3) is 3.56. The molecule has 0 radical (unpaired) electrons. The van der Waals surface area contributed by atoms with Gasteiger partial charge in [-0.15, -0.1) is 0 Å². The molecule has 2 atom stereocenters. The lowest BCUT2D eigenvalue weighted by molar-refractivity contribution is -0.142. The summed E-state index contributed by atoms with van der Waals surface area (Å²) in [7, 11) is 1.74. The molecule has 21 heavy (non-hydrogen) atoms. The number of hydrogen-bond donors (Lipinski definition) is 1. The fourth-order valence-corrected chi connectivity index (χ4v) is 3.18. The van der Waals surface area contributed by atoms with Gasteiger partial charge in [0.05, 0.1) is 5.92 Å². The third-order valence-corrected chi connectivity index (χ3v) is 4.45. The number of nitrogens with zero attached hydrogens (tertiary/aromatic N) is 2. The van der Waals surface area contributed by atoms with Crippen molar-refractivity contribution in [3.05, 3.63) is 34.3 Å². The molecule has 5 nitrogen and oxygen atoms in total. The number of carboxylic acids is 1. The van der Waals surface area contributed by atoms with Gasteiger partial charge in [0.15, 0.2) is 0 Å². The van der Waals surface area contributed by atoms with E-state index in [-0.39, 0.29) is 12.1 Å². The molecule has 2 amide bonds. The van der Waals surface area contributed by atoms with Gasteiger partial charge in [-0.3, -0.25) is 4.79 Å². The van der Waals surface area contributed by atoms with Crippen LogP contribution in [-0.2, 0) is 11.3 Å². The van der Waals surface area contributed by atoms with E-state index in [1.165, 1.54) is 0 Å². The lowest BCUT2D eigenvalue weighted by atomic mass is 10.0. The second kappa shape index (κ2) is 6.47. The maximum atomic E-state index is 12.5. The normalized spacial score (nSPS) is 21.4. The van der Waals surface area contributed by atoms with Crippen LogP contribution in [0.2, 0.25) is 0 Å². The zero-order valence-corrected chi connectivity index (χ0v) is 13.7. The van der Waals surface area contributed by atoms with E-state index in [1.807, 2.05) is 24.3 Å². The van der Waals surface area contributed by atoms with Crippen molar-refractivity contribution < 1.29 is 14.7 Å². The molecular formula is C15H19BrN2O3. The maximum absolute atomic E-state index is 12.5. The zero-order valence-electron chi connectivity index (χ0n) is 12.1. The Morgan fingerprint density at radius 2 is 2.19 bits per heavy atom. The Hall–Kier alpha value is -1.56. The first-order chi connectivity index (χ1) is 9.90. The Balaban J connectivity index is 2.01. The second-order valence-electron chi connectivity index (χ2n) is 5.44. The van der Waals surface area contributed by atoms with Gasteiger partial charge in [0.1, 0.15) is 0 Å². The Bertz CT molecular complexity index is 549. The molecule has 1 aromatic carbocycles. The number of carbonyl (C=O) groups excluding carboxylic acids is 1. The molecule has 0 aliphatic carbocycles. The van der Waals surface area contributed by atoms with Gasteiger partial charge < -0.3 is 14.9 Å². The van der Waals surface area contributed by atoms with Gasteiger partial charge in [0.25, 0.3) is 0 Å². The lowest BCUT2D eigenvalue weighted by Crippen LogP contribution is -2.44. The van der Waals surface area contributed by atoms with Gasteiger partial charge in [-0.05, 0) is 31.0 Å². The van der Waals surface area contributed by atoms with Gasteiger partial charge >= 0.3 is 12.0 Å². The van der Waals surface area contributed by atoms with Gasteiger partial charge in [-0.25, -0.2) is 4.79 Å². The van der Waals surface area contributed by atoms with Crippen LogP contribution in [0.4, 0.5) is 4.79 Å². The number of carbonyl (C=O) groups is 2. The number of hydrogen-bond acceptors (Lipinski definition) is 2. The maximum Gasteiger partial charge on any atom is 0.320 e. The summed E-state index contributed by atoms with van der Waals surface area (Å²) in [6.45, 7) is 2.80. The van der Waals surface area contributed by atoms with Crippen molar-refractivity contribution in [3.8, 4) is 0 Å². The van der Waals surface area contributed by atoms with Crippen molar-refractivity contribution in [3.63, 3.8) is 0 Å². The first-order valence-electron chi connectivity index (χ1n) is 6.89. The van der Waals surface area contributed by atoms with E-state index in [2.05, 4.69) is 15.9 Å². The van der Waals surface area contributed by atoms with Gasteiger partial charge in [0, 0.05) is 30.7 Å². The van der Waals surface area contributed by atoms with Crippen molar-refractivity contribution >= 4 is 27.9 Å². The Kier molecular flexibility index (Phi) is 4.88. The molecule has 1 aromatic rings. The van der Waals surface area contributed by atoms with Crippen molar-refractivity contribution in [2.24, 2.45) is 5.92 Å². The molecule has 0 spiro atoms. The standard InChI is InChI=1S/C15H19BrN2O3/c1-10-13(14(19)20)6-7-18(10)15(21)17(2)9-11-4-3-5-12(16)8-11/h3-5,8,10,13H,6-7,9H2,1-2H3,(H,19,20). The summed E-state index contributed by atoms with van der Waals surface area (Å²) >= 11 is 3.41. The van der Waals surface area contributed by atoms with E-state index < -0.39 is 11.9 Å². The number of halogens is 1. The highest BCUT2D eigenvalue weighted by atomic mass is 79.9. The average Bonchev–Trinajstić information content (AvgIpc) is 2.79. The predicted molar refractivity (Wildman–Crippen MR) is 82.9 cm³/mol. The Morgan fingerprint density at radius 1 is 1.48 bits per heavy atom. The summed E-state index contributed by atoms with van der Waals surface area (Å²) in [6.07, 6.45) is 0.521. The average molecular weight is 355 g/mol. The smallest absolute Gasteiger partial charge is 0.320 e. The number of urea groups is 1. The highest BCUT2D eigenvalue weighted by Gasteiger charge is 2.39. The van der Waals surface area contributed by atoms with Crippen LogP contribution in [0, 0.1) is 5.92 Å². The SMILES string of the molecule is CC1C(C(=O)O)CCN1C(=O)N(C)Cc1cccc(Br)c1. The molecule has 6 heteroatoms. The van der Waals surface area contributed by atoms with E-state index in [9.17, 15) is 9.59 Å². The van der Waals surface area contributed by atoms with Crippen LogP contribution in [0.1, 0.15) is 18.9 Å². The van der Waals surface area contributed by atoms with E-state index in [0.717, 1.165) is 10.0 Å². The van der Waals surface area contributed by atoms with Crippen LogP contribution in [-0.4, -0.2) is 46.5 Å². The molecule has 0 saturated carbocycles. The van der Waals surface area contributed by atoms with Crippen molar-refractivity contribution in [1.29, 1.82) is 0 Å². The number of rotatable bonds is 3. The molecule has 114 valence electrons. The highest BCUT2D eigenvalue weighted by Crippen LogP contribution is 2.25. The molecule has 2 rings (SSSR count). The highest BCUT2D eigenvalue weighted by molar-refractivity contribution is 9.10. The van der Waals surface area contributed by atoms with Crippen LogP contribution >= 0.6 is 15.9 Å². The van der Waals surface area contributed by atoms with Crippen LogP contribution in [0.5, 0.6) is 0 Å². The fraction of sp³-hybridized carbons (Fsp3) is 0.467. The van der Waals surface area contributed by atoms with Crippen LogP contribution < -0.4 is 0 Å². The first kappa shape index (κ1) is 15.8. The van der Waals surface area contributed by atoms with E-state index in [0.29, 0.717) is 19.5 Å². The number of aliphatic carboxylic acids is 1. The van der Waals surface area contributed by atoms with Gasteiger partial charge in [-0.2, -0.15) is 0 Å². The number of amides is 2. The monoisotopic (exact) mass is 354 g/mol. The van der Waals surface area contributed by atoms with Gasteiger partial charge in [-0.1, -0.05) is 28.1 Å². The summed E-state index contributed by atoms with van der Waals surface area (Å²) < 4.78 is 0.973. The molecule has 1 aliphatic heterocycles. The van der Waals surface area contributed by atoms with Gasteiger partial charge in [0.2, 0.25) is 0 Å². The van der Waals surface area contributed by atoms with E-state index in [1.54, 1.807) is 23.8 Å². The zero-order chi connectivity index (χ0) is 15.6.